The fourth-order valence-corrected chi connectivity index (χ4v) is 3.54. The maximum atomic E-state index is 11.9. The number of rotatable bonds is 7. The van der Waals surface area contributed by atoms with Crippen molar-refractivity contribution in [2.75, 3.05) is 26.0 Å². The Morgan fingerprint density at radius 2 is 2.47 bits per heavy atom. The molecule has 1 rings (SSSR count). The summed E-state index contributed by atoms with van der Waals surface area (Å²) in [4.78, 5) is 0. The number of hydrogen-bond acceptors (Lipinski definition) is 4. The molecule has 3 nitrogen and oxygen atoms in total. The minimum absolute atomic E-state index is 0.169. The normalized spacial score (nSPS) is 15.1. The van der Waals surface area contributed by atoms with E-state index in [2.05, 4.69) is 5.32 Å². The molecule has 1 N–H and O–H groups in total. The van der Waals surface area contributed by atoms with Gasteiger partial charge >= 0.3 is 0 Å². The first kappa shape index (κ1) is 12.8. The van der Waals surface area contributed by atoms with E-state index < -0.39 is 10.8 Å². The lowest BCUT2D eigenvalue weighted by atomic mass is 10.3. The largest absolute Gasteiger partial charge is 0.383 e. The summed E-state index contributed by atoms with van der Waals surface area (Å²) in [6.45, 7) is 3.51. The van der Waals surface area contributed by atoms with Gasteiger partial charge in [-0.1, -0.05) is 13.0 Å². The average Bonchev–Trinajstić information content (AvgIpc) is 2.71. The van der Waals surface area contributed by atoms with Crippen LogP contribution < -0.4 is 5.32 Å². The second kappa shape index (κ2) is 7.11. The molecular weight excluding hydrogens is 230 g/mol. The molecule has 2 unspecified atom stereocenters. The molecule has 0 amide bonds. The molecule has 1 aromatic rings. The first-order valence-electron chi connectivity index (χ1n) is 4.92. The molecule has 0 spiro atoms. The molecule has 1 aromatic heterocycles. The van der Waals surface area contributed by atoms with Gasteiger partial charge in [-0.15, -0.1) is 11.3 Å². The van der Waals surface area contributed by atoms with E-state index in [-0.39, 0.29) is 6.04 Å². The van der Waals surface area contributed by atoms with Gasteiger partial charge in [0.2, 0.25) is 0 Å². The second-order valence-electron chi connectivity index (χ2n) is 3.15. The average molecular weight is 247 g/mol. The summed E-state index contributed by atoms with van der Waals surface area (Å²) in [5.41, 5.74) is 0. The molecule has 0 fully saturated rings. The molecule has 0 bridgehead atoms. The molecule has 0 aliphatic rings. The maximum Gasteiger partial charge on any atom is 0.0911 e. The summed E-state index contributed by atoms with van der Waals surface area (Å²) in [6.07, 6.45) is 0. The van der Waals surface area contributed by atoms with Gasteiger partial charge in [-0.05, 0) is 18.0 Å². The monoisotopic (exact) mass is 247 g/mol. The van der Waals surface area contributed by atoms with Crippen molar-refractivity contribution in [3.05, 3.63) is 17.5 Å². The fraction of sp³-hybridized carbons (Fsp3) is 0.600. The van der Waals surface area contributed by atoms with Crippen molar-refractivity contribution >= 4 is 22.1 Å². The Morgan fingerprint density at radius 3 is 3.00 bits per heavy atom. The van der Waals surface area contributed by atoms with Crippen LogP contribution in [-0.2, 0) is 15.5 Å². The summed E-state index contributed by atoms with van der Waals surface area (Å²) in [6, 6.07) is 4.01. The minimum atomic E-state index is -0.909. The van der Waals surface area contributed by atoms with Crippen molar-refractivity contribution in [1.82, 2.24) is 5.32 Å². The molecular formula is C10H17NO2S2. The van der Waals surface area contributed by atoms with E-state index in [0.717, 1.165) is 10.8 Å². The van der Waals surface area contributed by atoms with Gasteiger partial charge in [0.1, 0.15) is 0 Å². The maximum absolute atomic E-state index is 11.9. The third-order valence-electron chi connectivity index (χ3n) is 1.93. The van der Waals surface area contributed by atoms with E-state index in [1.54, 1.807) is 18.4 Å². The minimum Gasteiger partial charge on any atom is -0.383 e. The smallest absolute Gasteiger partial charge is 0.0911 e. The van der Waals surface area contributed by atoms with Crippen LogP contribution in [0, 0.1) is 0 Å². The summed E-state index contributed by atoms with van der Waals surface area (Å²) in [7, 11) is 0.756. The van der Waals surface area contributed by atoms with E-state index in [0.29, 0.717) is 12.4 Å². The van der Waals surface area contributed by atoms with Crippen molar-refractivity contribution < 1.29 is 8.95 Å². The van der Waals surface area contributed by atoms with Crippen LogP contribution >= 0.6 is 11.3 Å². The SMILES string of the molecule is CCNC(COC)CS(=O)c1cccs1. The molecule has 0 saturated carbocycles. The highest BCUT2D eigenvalue weighted by Gasteiger charge is 2.13. The number of nitrogens with one attached hydrogen (secondary N) is 1. The van der Waals surface area contributed by atoms with Gasteiger partial charge in [0.25, 0.3) is 0 Å². The summed E-state index contributed by atoms with van der Waals surface area (Å²) >= 11 is 1.54. The summed E-state index contributed by atoms with van der Waals surface area (Å²) in [5, 5.41) is 5.21. The zero-order valence-electron chi connectivity index (χ0n) is 9.06. The Morgan fingerprint density at radius 1 is 1.67 bits per heavy atom. The molecule has 1 heterocycles. The van der Waals surface area contributed by atoms with Crippen molar-refractivity contribution in [2.24, 2.45) is 0 Å². The lowest BCUT2D eigenvalue weighted by molar-refractivity contribution is 0.174. The van der Waals surface area contributed by atoms with E-state index in [1.165, 1.54) is 0 Å². The molecule has 0 aliphatic carbocycles. The van der Waals surface area contributed by atoms with Gasteiger partial charge in [0.05, 0.1) is 21.6 Å². The van der Waals surface area contributed by atoms with E-state index in [9.17, 15) is 4.21 Å². The van der Waals surface area contributed by atoms with Crippen molar-refractivity contribution in [1.29, 1.82) is 0 Å². The highest BCUT2D eigenvalue weighted by atomic mass is 32.2. The molecule has 0 saturated heterocycles. The zero-order chi connectivity index (χ0) is 11.1. The van der Waals surface area contributed by atoms with Crippen molar-refractivity contribution in [3.63, 3.8) is 0 Å². The van der Waals surface area contributed by atoms with Crippen LogP contribution in [0.25, 0.3) is 0 Å². The topological polar surface area (TPSA) is 38.3 Å². The molecule has 0 radical (unpaired) electrons. The molecule has 86 valence electrons. The van der Waals surface area contributed by atoms with Gasteiger partial charge in [0.15, 0.2) is 0 Å². The van der Waals surface area contributed by atoms with Crippen LogP contribution in [0.2, 0.25) is 0 Å². The van der Waals surface area contributed by atoms with Gasteiger partial charge < -0.3 is 10.1 Å². The zero-order valence-corrected chi connectivity index (χ0v) is 10.7. The predicted molar refractivity (Wildman–Crippen MR) is 64.9 cm³/mol. The summed E-state index contributed by atoms with van der Waals surface area (Å²) < 4.78 is 17.9. The van der Waals surface area contributed by atoms with Crippen LogP contribution in [0.1, 0.15) is 6.92 Å². The Hall–Kier alpha value is -0.230. The highest BCUT2D eigenvalue weighted by Crippen LogP contribution is 2.14. The van der Waals surface area contributed by atoms with Crippen molar-refractivity contribution in [2.45, 2.75) is 17.2 Å². The lowest BCUT2D eigenvalue weighted by Crippen LogP contribution is -2.37. The number of likely N-dealkylation sites (N-methyl/N-ethyl adjacent to an activating group) is 1. The quantitative estimate of drug-likeness (QED) is 0.793. The number of thiophene rings is 1. The number of hydrogen-bond donors (Lipinski definition) is 1. The first-order chi connectivity index (χ1) is 7.27. The van der Waals surface area contributed by atoms with Gasteiger partial charge in [-0.2, -0.15) is 0 Å². The second-order valence-corrected chi connectivity index (χ2v) is 5.82. The van der Waals surface area contributed by atoms with Crippen LogP contribution in [-0.4, -0.2) is 36.3 Å². The highest BCUT2D eigenvalue weighted by molar-refractivity contribution is 7.87. The fourth-order valence-electron chi connectivity index (χ4n) is 1.31. The Balaban J connectivity index is 2.47. The molecule has 5 heteroatoms. The Bertz CT molecular complexity index is 282. The summed E-state index contributed by atoms with van der Waals surface area (Å²) in [5.74, 6) is 0.613. The third kappa shape index (κ3) is 4.42. The van der Waals surface area contributed by atoms with Crippen LogP contribution in [0.4, 0.5) is 0 Å². The third-order valence-corrected chi connectivity index (χ3v) is 4.73. The first-order valence-corrected chi connectivity index (χ1v) is 7.12. The standard InChI is InChI=1S/C10H17NO2S2/c1-3-11-9(7-13-2)8-15(12)10-5-4-6-14-10/h4-6,9,11H,3,7-8H2,1-2H3. The van der Waals surface area contributed by atoms with Crippen LogP contribution in [0.15, 0.2) is 21.7 Å². The predicted octanol–water partition coefficient (Wildman–Crippen LogP) is 1.48. The van der Waals surface area contributed by atoms with Gasteiger partial charge in [-0.25, -0.2) is 0 Å². The van der Waals surface area contributed by atoms with Crippen molar-refractivity contribution in [3.8, 4) is 0 Å². The Kier molecular flexibility index (Phi) is 6.09. The van der Waals surface area contributed by atoms with Gasteiger partial charge in [0, 0.05) is 18.9 Å². The van der Waals surface area contributed by atoms with Crippen LogP contribution in [0.5, 0.6) is 0 Å². The number of ether oxygens (including phenoxy) is 1. The molecule has 0 aliphatic heterocycles. The Labute approximate surface area is 97.3 Å². The lowest BCUT2D eigenvalue weighted by Gasteiger charge is -2.15. The van der Waals surface area contributed by atoms with E-state index in [1.807, 2.05) is 24.4 Å². The molecule has 15 heavy (non-hydrogen) atoms. The molecule has 0 aromatic carbocycles. The van der Waals surface area contributed by atoms with E-state index >= 15 is 0 Å². The van der Waals surface area contributed by atoms with Crippen LogP contribution in [0.3, 0.4) is 0 Å². The van der Waals surface area contributed by atoms with Gasteiger partial charge in [-0.3, -0.25) is 4.21 Å². The number of methoxy groups -OCH3 is 1. The molecule has 2 atom stereocenters. The van der Waals surface area contributed by atoms with E-state index in [4.69, 9.17) is 4.74 Å².